The molecule has 0 spiro atoms. The quantitative estimate of drug-likeness (QED) is 0.495. The fourth-order valence-corrected chi connectivity index (χ4v) is 0.714. The van der Waals surface area contributed by atoms with Gasteiger partial charge in [0.1, 0.15) is 5.84 Å². The Balaban J connectivity index is 2.69. The normalized spacial score (nSPS) is 26.4. The van der Waals surface area contributed by atoms with Gasteiger partial charge in [-0.3, -0.25) is 4.99 Å². The van der Waals surface area contributed by atoms with Gasteiger partial charge in [0.25, 0.3) is 0 Å². The van der Waals surface area contributed by atoms with Crippen LogP contribution in [0, 0.1) is 0 Å². The summed E-state index contributed by atoms with van der Waals surface area (Å²) >= 11 is 0. The molecule has 0 saturated heterocycles. The van der Waals surface area contributed by atoms with Crippen LogP contribution < -0.4 is 0 Å². The largest absolute Gasteiger partial charge is 0.360 e. The molecular weight excluding hydrogens is 140 g/mol. The van der Waals surface area contributed by atoms with Gasteiger partial charge in [-0.2, -0.15) is 5.10 Å². The summed E-state index contributed by atoms with van der Waals surface area (Å²) in [6.45, 7) is 3.63. The first-order valence-corrected chi connectivity index (χ1v) is 3.58. The number of hydrogen-bond donors (Lipinski definition) is 0. The van der Waals surface area contributed by atoms with E-state index >= 15 is 0 Å². The summed E-state index contributed by atoms with van der Waals surface area (Å²) in [7, 11) is 1.98. The van der Waals surface area contributed by atoms with E-state index in [0.29, 0.717) is 0 Å². The van der Waals surface area contributed by atoms with E-state index in [0.717, 1.165) is 18.9 Å². The first-order chi connectivity index (χ1) is 5.30. The zero-order valence-corrected chi connectivity index (χ0v) is 6.86. The molecule has 1 aliphatic rings. The fraction of sp³-hybridized carbons (Fsp3) is 0.571. The smallest absolute Gasteiger partial charge is 0.124 e. The Kier molecular flexibility index (Phi) is 2.77. The summed E-state index contributed by atoms with van der Waals surface area (Å²) in [6, 6.07) is 0. The van der Waals surface area contributed by atoms with E-state index in [1.165, 1.54) is 0 Å². The van der Waals surface area contributed by atoms with Gasteiger partial charge in [-0.1, -0.05) is 0 Å². The standard InChI is InChI=1S/C7H12N4/c1-7-10-9-4-3-8-5-6-11(7)2/h3-4H,5-6H2,1-2H3/b8-3?,9-4-,10-7+. The minimum absolute atomic E-state index is 0.801. The molecule has 4 heteroatoms. The maximum atomic E-state index is 4.09. The first kappa shape index (κ1) is 7.91. The van der Waals surface area contributed by atoms with Gasteiger partial charge in [-0.15, -0.1) is 5.10 Å². The van der Waals surface area contributed by atoms with Crippen LogP contribution in [-0.2, 0) is 0 Å². The SMILES string of the molecule is C/C1=N\N=C/C=NCCN1C. The van der Waals surface area contributed by atoms with E-state index in [2.05, 4.69) is 15.2 Å². The zero-order valence-electron chi connectivity index (χ0n) is 6.86. The van der Waals surface area contributed by atoms with Crippen molar-refractivity contribution in [3.8, 4) is 0 Å². The maximum Gasteiger partial charge on any atom is 0.124 e. The second-order valence-electron chi connectivity index (χ2n) is 2.39. The number of rotatable bonds is 0. The van der Waals surface area contributed by atoms with Crippen LogP contribution >= 0.6 is 0 Å². The van der Waals surface area contributed by atoms with Crippen LogP contribution in [0.5, 0.6) is 0 Å². The Morgan fingerprint density at radius 2 is 2.27 bits per heavy atom. The average Bonchev–Trinajstić information content (AvgIpc) is 2.07. The highest BCUT2D eigenvalue weighted by Crippen LogP contribution is 1.89. The van der Waals surface area contributed by atoms with E-state index < -0.39 is 0 Å². The molecule has 0 N–H and O–H groups in total. The predicted molar refractivity (Wildman–Crippen MR) is 47.6 cm³/mol. The Labute approximate surface area is 66.3 Å². The van der Waals surface area contributed by atoms with Crippen LogP contribution in [0.2, 0.25) is 0 Å². The minimum atomic E-state index is 0.801. The van der Waals surface area contributed by atoms with Gasteiger partial charge in [-0.05, 0) is 6.92 Å². The van der Waals surface area contributed by atoms with Crippen LogP contribution in [0.3, 0.4) is 0 Å². The number of amidine groups is 1. The lowest BCUT2D eigenvalue weighted by Gasteiger charge is -2.15. The average molecular weight is 152 g/mol. The lowest BCUT2D eigenvalue weighted by atomic mass is 10.5. The highest BCUT2D eigenvalue weighted by Gasteiger charge is 1.98. The molecule has 0 amide bonds. The molecule has 0 unspecified atom stereocenters. The van der Waals surface area contributed by atoms with E-state index in [-0.39, 0.29) is 0 Å². The molecule has 0 aromatic carbocycles. The predicted octanol–water partition coefficient (Wildman–Crippen LogP) is 0.407. The van der Waals surface area contributed by atoms with Gasteiger partial charge >= 0.3 is 0 Å². The number of hydrogen-bond acceptors (Lipinski definition) is 4. The Morgan fingerprint density at radius 3 is 3.09 bits per heavy atom. The molecule has 11 heavy (non-hydrogen) atoms. The lowest BCUT2D eigenvalue weighted by molar-refractivity contribution is 0.512. The summed E-state index contributed by atoms with van der Waals surface area (Å²) in [5.41, 5.74) is 0. The van der Waals surface area contributed by atoms with Crippen LogP contribution in [0.4, 0.5) is 0 Å². The van der Waals surface area contributed by atoms with Gasteiger partial charge in [0.05, 0.1) is 12.8 Å². The lowest BCUT2D eigenvalue weighted by Crippen LogP contribution is -2.26. The minimum Gasteiger partial charge on any atom is -0.360 e. The third-order valence-electron chi connectivity index (χ3n) is 1.56. The topological polar surface area (TPSA) is 40.3 Å². The van der Waals surface area contributed by atoms with E-state index in [4.69, 9.17) is 0 Å². The molecule has 0 saturated carbocycles. The Morgan fingerprint density at radius 1 is 1.45 bits per heavy atom. The zero-order chi connectivity index (χ0) is 8.10. The van der Waals surface area contributed by atoms with Crippen LogP contribution in [0.1, 0.15) is 6.92 Å². The van der Waals surface area contributed by atoms with E-state index in [1.54, 1.807) is 12.4 Å². The molecule has 0 aromatic heterocycles. The first-order valence-electron chi connectivity index (χ1n) is 3.58. The second-order valence-corrected chi connectivity index (χ2v) is 2.39. The molecule has 0 aliphatic carbocycles. The molecule has 0 aromatic rings. The van der Waals surface area contributed by atoms with Crippen LogP contribution in [-0.4, -0.2) is 43.3 Å². The third-order valence-corrected chi connectivity index (χ3v) is 1.56. The maximum absolute atomic E-state index is 4.09. The van der Waals surface area contributed by atoms with Crippen molar-refractivity contribution in [3.63, 3.8) is 0 Å². The summed E-state index contributed by atoms with van der Waals surface area (Å²) in [4.78, 5) is 6.11. The molecule has 0 radical (unpaired) electrons. The van der Waals surface area contributed by atoms with Gasteiger partial charge in [0.15, 0.2) is 0 Å². The molecule has 4 nitrogen and oxygen atoms in total. The molecule has 60 valence electrons. The van der Waals surface area contributed by atoms with Crippen molar-refractivity contribution < 1.29 is 0 Å². The van der Waals surface area contributed by atoms with Gasteiger partial charge in [0, 0.05) is 19.8 Å². The second kappa shape index (κ2) is 3.85. The van der Waals surface area contributed by atoms with Crippen molar-refractivity contribution in [1.29, 1.82) is 0 Å². The van der Waals surface area contributed by atoms with Crippen molar-refractivity contribution >= 4 is 18.3 Å². The van der Waals surface area contributed by atoms with Gasteiger partial charge in [-0.25, -0.2) is 0 Å². The van der Waals surface area contributed by atoms with Crippen molar-refractivity contribution in [2.24, 2.45) is 15.2 Å². The van der Waals surface area contributed by atoms with Crippen molar-refractivity contribution in [1.82, 2.24) is 4.90 Å². The highest BCUT2D eigenvalue weighted by molar-refractivity contribution is 6.16. The van der Waals surface area contributed by atoms with Crippen molar-refractivity contribution in [2.75, 3.05) is 20.1 Å². The molecular formula is C7H12N4. The van der Waals surface area contributed by atoms with E-state index in [9.17, 15) is 0 Å². The summed E-state index contributed by atoms with van der Waals surface area (Å²) < 4.78 is 0. The molecule has 1 heterocycles. The summed E-state index contributed by atoms with van der Waals surface area (Å²) in [5.74, 6) is 0.923. The van der Waals surface area contributed by atoms with Gasteiger partial charge < -0.3 is 4.90 Å². The Hall–Kier alpha value is -1.19. The molecule has 0 fully saturated rings. The summed E-state index contributed by atoms with van der Waals surface area (Å²) in [5, 5.41) is 7.74. The van der Waals surface area contributed by atoms with E-state index in [1.807, 2.05) is 18.9 Å². The number of aliphatic imine (C=N–C) groups is 1. The fourth-order valence-electron chi connectivity index (χ4n) is 0.714. The van der Waals surface area contributed by atoms with Gasteiger partial charge in [0.2, 0.25) is 0 Å². The number of likely N-dealkylation sites (N-methyl/N-ethyl adjacent to an activating group) is 1. The summed E-state index contributed by atoms with van der Waals surface area (Å²) in [6.07, 6.45) is 3.28. The monoisotopic (exact) mass is 152 g/mol. The van der Waals surface area contributed by atoms with Crippen molar-refractivity contribution in [2.45, 2.75) is 6.92 Å². The van der Waals surface area contributed by atoms with Crippen molar-refractivity contribution in [3.05, 3.63) is 0 Å². The third kappa shape index (κ3) is 2.49. The highest BCUT2D eigenvalue weighted by atomic mass is 15.3. The Bertz CT molecular complexity index is 204. The molecule has 0 atom stereocenters. The van der Waals surface area contributed by atoms with Crippen LogP contribution in [0.15, 0.2) is 15.2 Å². The van der Waals surface area contributed by atoms with Crippen LogP contribution in [0.25, 0.3) is 0 Å². The molecule has 0 bridgehead atoms. The molecule has 1 rings (SSSR count). The molecule has 1 aliphatic heterocycles. The number of nitrogens with zero attached hydrogens (tertiary/aromatic N) is 4.